The summed E-state index contributed by atoms with van der Waals surface area (Å²) in [6.07, 6.45) is 2.92. The van der Waals surface area contributed by atoms with Gasteiger partial charge in [-0.25, -0.2) is 0 Å². The maximum Gasteiger partial charge on any atom is 0.317 e. The number of aliphatic carboxylic acids is 1. The lowest BCUT2D eigenvalue weighted by Crippen LogP contribution is -2.49. The van der Waals surface area contributed by atoms with Gasteiger partial charge in [0.05, 0.1) is 6.54 Å². The van der Waals surface area contributed by atoms with E-state index in [1.54, 1.807) is 4.90 Å². The summed E-state index contributed by atoms with van der Waals surface area (Å²) in [7, 11) is 0. The predicted octanol–water partition coefficient (Wildman–Crippen LogP) is -0.822. The molecule has 0 saturated carbocycles. The highest BCUT2D eigenvalue weighted by Crippen LogP contribution is 2.18. The van der Waals surface area contributed by atoms with Crippen LogP contribution in [0.25, 0.3) is 0 Å². The minimum Gasteiger partial charge on any atom is -0.480 e. The minimum absolute atomic E-state index is 0.00113. The maximum absolute atomic E-state index is 12.3. The van der Waals surface area contributed by atoms with E-state index in [0.717, 1.165) is 19.4 Å². The molecule has 0 aromatic carbocycles. The van der Waals surface area contributed by atoms with Crippen molar-refractivity contribution in [3.05, 3.63) is 0 Å². The normalized spacial score (nSPS) is 26.4. The van der Waals surface area contributed by atoms with E-state index in [4.69, 9.17) is 5.11 Å². The third-order valence-electron chi connectivity index (χ3n) is 3.83. The summed E-state index contributed by atoms with van der Waals surface area (Å²) < 4.78 is 0. The topological polar surface area (TPSA) is 98.7 Å². The van der Waals surface area contributed by atoms with Crippen molar-refractivity contribution in [1.82, 2.24) is 15.5 Å². The van der Waals surface area contributed by atoms with Crippen LogP contribution >= 0.6 is 0 Å². The van der Waals surface area contributed by atoms with Gasteiger partial charge in [0.25, 0.3) is 0 Å². The largest absolute Gasteiger partial charge is 0.480 e. The van der Waals surface area contributed by atoms with Gasteiger partial charge in [-0.2, -0.15) is 0 Å². The van der Waals surface area contributed by atoms with Crippen LogP contribution in [0.2, 0.25) is 0 Å². The zero-order valence-electron chi connectivity index (χ0n) is 11.4. The number of likely N-dealkylation sites (tertiary alicyclic amines) is 1. The van der Waals surface area contributed by atoms with E-state index in [0.29, 0.717) is 25.9 Å². The Labute approximate surface area is 117 Å². The monoisotopic (exact) mass is 283 g/mol. The zero-order chi connectivity index (χ0) is 14.5. The SMILES string of the molecule is O=C(O)CNCC1CCCN(C(=O)C2CCC(=O)N2)C1. The molecule has 2 unspecified atom stereocenters. The first-order valence-corrected chi connectivity index (χ1v) is 7.07. The van der Waals surface area contributed by atoms with Crippen molar-refractivity contribution in [3.8, 4) is 0 Å². The fourth-order valence-corrected chi connectivity index (χ4v) is 2.83. The molecule has 2 aliphatic heterocycles. The standard InChI is InChI=1S/C13H21N3O4/c17-11-4-3-10(15-11)13(20)16-5-1-2-9(8-16)6-14-7-12(18)19/h9-10,14H,1-8H2,(H,15,17)(H,18,19). The van der Waals surface area contributed by atoms with E-state index in [1.807, 2.05) is 0 Å². The summed E-state index contributed by atoms with van der Waals surface area (Å²) in [6, 6.07) is -0.367. The first kappa shape index (κ1) is 14.8. The van der Waals surface area contributed by atoms with Gasteiger partial charge < -0.3 is 20.6 Å². The lowest BCUT2D eigenvalue weighted by atomic mass is 9.97. The Hall–Kier alpha value is -1.63. The summed E-state index contributed by atoms with van der Waals surface area (Å²) >= 11 is 0. The van der Waals surface area contributed by atoms with Crippen molar-refractivity contribution in [1.29, 1.82) is 0 Å². The van der Waals surface area contributed by atoms with E-state index in [1.165, 1.54) is 0 Å². The van der Waals surface area contributed by atoms with Gasteiger partial charge in [0.1, 0.15) is 6.04 Å². The quantitative estimate of drug-likeness (QED) is 0.612. The molecule has 112 valence electrons. The summed E-state index contributed by atoms with van der Waals surface area (Å²) in [5.74, 6) is -0.648. The van der Waals surface area contributed by atoms with Gasteiger partial charge in [0, 0.05) is 26.1 Å². The van der Waals surface area contributed by atoms with Gasteiger partial charge in [0.2, 0.25) is 11.8 Å². The highest BCUT2D eigenvalue weighted by molar-refractivity contribution is 5.90. The molecule has 2 rings (SSSR count). The molecule has 2 aliphatic rings. The van der Waals surface area contributed by atoms with Crippen molar-refractivity contribution in [3.63, 3.8) is 0 Å². The number of rotatable bonds is 5. The number of amides is 2. The van der Waals surface area contributed by atoms with Crippen molar-refractivity contribution in [2.45, 2.75) is 31.7 Å². The van der Waals surface area contributed by atoms with E-state index in [2.05, 4.69) is 10.6 Å². The van der Waals surface area contributed by atoms with Gasteiger partial charge in [-0.05, 0) is 25.2 Å². The molecule has 0 aliphatic carbocycles. The molecular weight excluding hydrogens is 262 g/mol. The van der Waals surface area contributed by atoms with Crippen LogP contribution in [0.5, 0.6) is 0 Å². The Morgan fingerprint density at radius 1 is 1.40 bits per heavy atom. The van der Waals surface area contributed by atoms with Crippen LogP contribution in [-0.2, 0) is 14.4 Å². The molecule has 2 heterocycles. The second-order valence-electron chi connectivity index (χ2n) is 5.48. The number of carboxylic acid groups (broad SMARTS) is 1. The molecule has 0 aromatic heterocycles. The lowest BCUT2D eigenvalue weighted by molar-refractivity contribution is -0.137. The van der Waals surface area contributed by atoms with Gasteiger partial charge >= 0.3 is 5.97 Å². The van der Waals surface area contributed by atoms with Gasteiger partial charge in [-0.3, -0.25) is 14.4 Å². The van der Waals surface area contributed by atoms with Crippen LogP contribution in [0.3, 0.4) is 0 Å². The lowest BCUT2D eigenvalue weighted by Gasteiger charge is -2.34. The van der Waals surface area contributed by atoms with Crippen molar-refractivity contribution in [2.75, 3.05) is 26.2 Å². The molecular formula is C13H21N3O4. The summed E-state index contributed by atoms with van der Waals surface area (Å²) in [6.45, 7) is 1.91. The minimum atomic E-state index is -0.873. The molecule has 7 nitrogen and oxygen atoms in total. The molecule has 2 atom stereocenters. The number of piperidine rings is 1. The Kier molecular flexibility index (Phi) is 4.94. The van der Waals surface area contributed by atoms with Crippen molar-refractivity contribution in [2.24, 2.45) is 5.92 Å². The highest BCUT2D eigenvalue weighted by atomic mass is 16.4. The summed E-state index contributed by atoms with van der Waals surface area (Å²) in [5.41, 5.74) is 0. The molecule has 2 saturated heterocycles. The molecule has 7 heteroatoms. The van der Waals surface area contributed by atoms with E-state index in [9.17, 15) is 14.4 Å². The Morgan fingerprint density at radius 3 is 2.85 bits per heavy atom. The van der Waals surface area contributed by atoms with E-state index < -0.39 is 5.97 Å². The van der Waals surface area contributed by atoms with Crippen molar-refractivity contribution < 1.29 is 19.5 Å². The van der Waals surface area contributed by atoms with Crippen molar-refractivity contribution >= 4 is 17.8 Å². The molecule has 20 heavy (non-hydrogen) atoms. The Balaban J connectivity index is 1.79. The molecule has 2 amide bonds. The summed E-state index contributed by atoms with van der Waals surface area (Å²) in [4.78, 5) is 35.7. The first-order chi connectivity index (χ1) is 9.56. The number of carbonyl (C=O) groups excluding carboxylic acids is 2. The van der Waals surface area contributed by atoms with Crippen LogP contribution < -0.4 is 10.6 Å². The van der Waals surface area contributed by atoms with Crippen LogP contribution in [0.4, 0.5) is 0 Å². The second kappa shape index (κ2) is 6.69. The van der Waals surface area contributed by atoms with Gasteiger partial charge in [0.15, 0.2) is 0 Å². The molecule has 0 spiro atoms. The third kappa shape index (κ3) is 3.93. The van der Waals surface area contributed by atoms with E-state index >= 15 is 0 Å². The van der Waals surface area contributed by atoms with E-state index in [-0.39, 0.29) is 30.3 Å². The number of nitrogens with one attached hydrogen (secondary N) is 2. The number of nitrogens with zero attached hydrogens (tertiary/aromatic N) is 1. The molecule has 0 bridgehead atoms. The van der Waals surface area contributed by atoms with Crippen LogP contribution in [0.15, 0.2) is 0 Å². The maximum atomic E-state index is 12.3. The smallest absolute Gasteiger partial charge is 0.317 e. The number of carbonyl (C=O) groups is 3. The number of hydrogen-bond donors (Lipinski definition) is 3. The third-order valence-corrected chi connectivity index (χ3v) is 3.83. The van der Waals surface area contributed by atoms with Gasteiger partial charge in [-0.1, -0.05) is 0 Å². The fourth-order valence-electron chi connectivity index (χ4n) is 2.83. The van der Waals surface area contributed by atoms with Gasteiger partial charge in [-0.15, -0.1) is 0 Å². The van der Waals surface area contributed by atoms with Crippen LogP contribution in [-0.4, -0.2) is 60.0 Å². The number of carboxylic acids is 1. The average Bonchev–Trinajstić information content (AvgIpc) is 2.84. The van der Waals surface area contributed by atoms with Crippen LogP contribution in [0, 0.1) is 5.92 Å². The number of hydrogen-bond acceptors (Lipinski definition) is 4. The highest BCUT2D eigenvalue weighted by Gasteiger charge is 2.32. The fraction of sp³-hybridized carbons (Fsp3) is 0.769. The Bertz CT molecular complexity index is 399. The Morgan fingerprint density at radius 2 is 2.20 bits per heavy atom. The molecule has 2 fully saturated rings. The average molecular weight is 283 g/mol. The molecule has 3 N–H and O–H groups in total. The zero-order valence-corrected chi connectivity index (χ0v) is 11.4. The first-order valence-electron chi connectivity index (χ1n) is 7.07. The predicted molar refractivity (Wildman–Crippen MR) is 71.0 cm³/mol. The summed E-state index contributed by atoms with van der Waals surface area (Å²) in [5, 5.41) is 14.2. The second-order valence-corrected chi connectivity index (χ2v) is 5.48. The van der Waals surface area contributed by atoms with Crippen LogP contribution in [0.1, 0.15) is 25.7 Å². The molecule has 0 radical (unpaired) electrons. The molecule has 0 aromatic rings.